The van der Waals surface area contributed by atoms with Gasteiger partial charge in [-0.15, -0.1) is 0 Å². The Balaban J connectivity index is 2.05. The number of rotatable bonds is 4. The van der Waals surface area contributed by atoms with Gasteiger partial charge in [-0.2, -0.15) is 0 Å². The van der Waals surface area contributed by atoms with Gasteiger partial charge < -0.3 is 0 Å². The Morgan fingerprint density at radius 3 is 2.89 bits per heavy atom. The topological polar surface area (TPSA) is 20.3 Å². The molecule has 0 radical (unpaired) electrons. The van der Waals surface area contributed by atoms with E-state index in [-0.39, 0.29) is 0 Å². The van der Waals surface area contributed by atoms with Gasteiger partial charge in [-0.05, 0) is 37.9 Å². The van der Waals surface area contributed by atoms with Crippen molar-refractivity contribution in [2.24, 2.45) is 0 Å². The first kappa shape index (κ1) is 13.8. The molecule has 1 aromatic rings. The summed E-state index contributed by atoms with van der Waals surface area (Å²) in [5.74, 6) is 0.305. The molecule has 1 aromatic carbocycles. The van der Waals surface area contributed by atoms with Gasteiger partial charge in [0.2, 0.25) is 0 Å². The van der Waals surface area contributed by atoms with Crippen molar-refractivity contribution < 1.29 is 4.79 Å². The van der Waals surface area contributed by atoms with Gasteiger partial charge in [0.1, 0.15) is 5.78 Å². The molecule has 0 amide bonds. The maximum atomic E-state index is 11.3. The molecule has 1 heterocycles. The minimum absolute atomic E-state index is 0.305. The third-order valence-electron chi connectivity index (χ3n) is 3.60. The van der Waals surface area contributed by atoms with Gasteiger partial charge in [0.05, 0.1) is 0 Å². The fraction of sp³-hybridized carbons (Fsp3) is 0.533. The lowest BCUT2D eigenvalue weighted by molar-refractivity contribution is -0.118. The largest absolute Gasteiger partial charge is 0.300 e. The summed E-state index contributed by atoms with van der Waals surface area (Å²) in [6.45, 7) is 3.75. The predicted octanol–water partition coefficient (Wildman–Crippen LogP) is 3.78. The normalized spacial score (nSPS) is 20.9. The fourth-order valence-electron chi connectivity index (χ4n) is 2.68. The maximum Gasteiger partial charge on any atom is 0.131 e. The monoisotopic (exact) mass is 309 g/mol. The molecule has 1 saturated heterocycles. The standard InChI is InChI=1S/C15H20BrNO/c1-12(18)10-14-7-4-5-9-17(14)11-13-6-2-3-8-15(13)16/h2-3,6,8,14H,4-5,7,9-11H2,1H3. The minimum atomic E-state index is 0.305. The van der Waals surface area contributed by atoms with Crippen LogP contribution in [-0.4, -0.2) is 23.3 Å². The average Bonchev–Trinajstić information content (AvgIpc) is 2.34. The van der Waals surface area contributed by atoms with Crippen LogP contribution in [0.3, 0.4) is 0 Å². The number of halogens is 1. The second kappa shape index (κ2) is 6.48. The smallest absolute Gasteiger partial charge is 0.131 e. The van der Waals surface area contributed by atoms with E-state index in [1.165, 1.54) is 18.4 Å². The number of likely N-dealkylation sites (tertiary alicyclic amines) is 1. The number of hydrogen-bond donors (Lipinski definition) is 0. The van der Waals surface area contributed by atoms with E-state index in [0.29, 0.717) is 18.2 Å². The van der Waals surface area contributed by atoms with E-state index in [1.54, 1.807) is 6.92 Å². The quantitative estimate of drug-likeness (QED) is 0.843. The van der Waals surface area contributed by atoms with Crippen molar-refractivity contribution in [3.05, 3.63) is 34.3 Å². The molecule has 0 bridgehead atoms. The Morgan fingerprint density at radius 2 is 2.17 bits per heavy atom. The summed E-state index contributed by atoms with van der Waals surface area (Å²) in [4.78, 5) is 13.8. The molecule has 0 aliphatic carbocycles. The first-order valence-electron chi connectivity index (χ1n) is 6.63. The number of carbonyl (C=O) groups excluding carboxylic acids is 1. The SMILES string of the molecule is CC(=O)CC1CCCCN1Cc1ccccc1Br. The van der Waals surface area contributed by atoms with Crippen molar-refractivity contribution >= 4 is 21.7 Å². The highest BCUT2D eigenvalue weighted by molar-refractivity contribution is 9.10. The Morgan fingerprint density at radius 1 is 1.39 bits per heavy atom. The lowest BCUT2D eigenvalue weighted by Crippen LogP contribution is -2.40. The summed E-state index contributed by atoms with van der Waals surface area (Å²) in [5.41, 5.74) is 1.31. The molecule has 98 valence electrons. The second-order valence-corrected chi connectivity index (χ2v) is 5.97. The van der Waals surface area contributed by atoms with Crippen molar-refractivity contribution in [1.82, 2.24) is 4.90 Å². The predicted molar refractivity (Wildman–Crippen MR) is 77.5 cm³/mol. The highest BCUT2D eigenvalue weighted by Gasteiger charge is 2.23. The molecular formula is C15H20BrNO. The molecule has 0 N–H and O–H groups in total. The lowest BCUT2D eigenvalue weighted by Gasteiger charge is -2.35. The zero-order valence-corrected chi connectivity index (χ0v) is 12.4. The molecule has 1 unspecified atom stereocenters. The van der Waals surface area contributed by atoms with Gasteiger partial charge >= 0.3 is 0 Å². The van der Waals surface area contributed by atoms with E-state index in [2.05, 4.69) is 39.0 Å². The van der Waals surface area contributed by atoms with E-state index in [4.69, 9.17) is 0 Å². The van der Waals surface area contributed by atoms with Crippen LogP contribution < -0.4 is 0 Å². The minimum Gasteiger partial charge on any atom is -0.300 e. The molecule has 18 heavy (non-hydrogen) atoms. The van der Waals surface area contributed by atoms with Crippen molar-refractivity contribution in [3.8, 4) is 0 Å². The highest BCUT2D eigenvalue weighted by atomic mass is 79.9. The van der Waals surface area contributed by atoms with Gasteiger partial charge in [0, 0.05) is 23.5 Å². The van der Waals surface area contributed by atoms with Gasteiger partial charge in [-0.25, -0.2) is 0 Å². The molecule has 1 fully saturated rings. The summed E-state index contributed by atoms with van der Waals surface area (Å²) in [6, 6.07) is 8.78. The van der Waals surface area contributed by atoms with Crippen LogP contribution in [0, 0.1) is 0 Å². The number of ketones is 1. The highest BCUT2D eigenvalue weighted by Crippen LogP contribution is 2.25. The summed E-state index contributed by atoms with van der Waals surface area (Å²) >= 11 is 3.60. The maximum absolute atomic E-state index is 11.3. The summed E-state index contributed by atoms with van der Waals surface area (Å²) in [5, 5.41) is 0. The summed E-state index contributed by atoms with van der Waals surface area (Å²) < 4.78 is 1.16. The van der Waals surface area contributed by atoms with Gasteiger partial charge in [-0.1, -0.05) is 40.5 Å². The van der Waals surface area contributed by atoms with Crippen molar-refractivity contribution in [2.75, 3.05) is 6.54 Å². The second-order valence-electron chi connectivity index (χ2n) is 5.12. The first-order chi connectivity index (χ1) is 8.66. The summed E-state index contributed by atoms with van der Waals surface area (Å²) in [7, 11) is 0. The van der Waals surface area contributed by atoms with Crippen molar-refractivity contribution in [1.29, 1.82) is 0 Å². The molecule has 2 rings (SSSR count). The fourth-order valence-corrected chi connectivity index (χ4v) is 3.09. The number of hydrogen-bond acceptors (Lipinski definition) is 2. The van der Waals surface area contributed by atoms with E-state index < -0.39 is 0 Å². The Bertz CT molecular complexity index is 419. The van der Waals surface area contributed by atoms with Crippen molar-refractivity contribution in [3.63, 3.8) is 0 Å². The van der Waals surface area contributed by atoms with Crippen LogP contribution in [0.15, 0.2) is 28.7 Å². The Labute approximate surface area is 117 Å². The molecule has 1 aliphatic heterocycles. The molecule has 3 heteroatoms. The molecule has 0 saturated carbocycles. The number of piperidine rings is 1. The summed E-state index contributed by atoms with van der Waals surface area (Å²) in [6.07, 6.45) is 4.36. The van der Waals surface area contributed by atoms with E-state index in [0.717, 1.165) is 24.0 Å². The molecule has 1 atom stereocenters. The number of benzene rings is 1. The zero-order valence-electron chi connectivity index (χ0n) is 10.9. The van der Waals surface area contributed by atoms with Crippen LogP contribution in [0.5, 0.6) is 0 Å². The van der Waals surface area contributed by atoms with Gasteiger partial charge in [0.15, 0.2) is 0 Å². The molecule has 1 aliphatic rings. The average molecular weight is 310 g/mol. The van der Waals surface area contributed by atoms with Crippen LogP contribution >= 0.6 is 15.9 Å². The zero-order chi connectivity index (χ0) is 13.0. The molecule has 2 nitrogen and oxygen atoms in total. The van der Waals surface area contributed by atoms with Crippen LogP contribution in [0.1, 0.15) is 38.2 Å². The van der Waals surface area contributed by atoms with E-state index in [1.807, 2.05) is 6.07 Å². The van der Waals surface area contributed by atoms with Crippen molar-refractivity contribution in [2.45, 2.75) is 45.2 Å². The number of nitrogens with zero attached hydrogens (tertiary/aromatic N) is 1. The lowest BCUT2D eigenvalue weighted by atomic mass is 9.97. The third-order valence-corrected chi connectivity index (χ3v) is 4.38. The van der Waals surface area contributed by atoms with Crippen LogP contribution in [0.25, 0.3) is 0 Å². The van der Waals surface area contributed by atoms with E-state index >= 15 is 0 Å². The first-order valence-corrected chi connectivity index (χ1v) is 7.43. The van der Waals surface area contributed by atoms with Crippen LogP contribution in [0.4, 0.5) is 0 Å². The Kier molecular flexibility index (Phi) is 4.95. The molecule has 0 aromatic heterocycles. The van der Waals surface area contributed by atoms with Gasteiger partial charge in [0.25, 0.3) is 0 Å². The van der Waals surface area contributed by atoms with Crippen LogP contribution in [0.2, 0.25) is 0 Å². The molecular weight excluding hydrogens is 290 g/mol. The van der Waals surface area contributed by atoms with Gasteiger partial charge in [-0.3, -0.25) is 9.69 Å². The van der Waals surface area contributed by atoms with E-state index in [9.17, 15) is 4.79 Å². The number of Topliss-reactive ketones (excluding diaryl/α,β-unsaturated/α-hetero) is 1. The van der Waals surface area contributed by atoms with Crippen LogP contribution in [-0.2, 0) is 11.3 Å². The Hall–Kier alpha value is -0.670. The number of carbonyl (C=O) groups is 1. The molecule has 0 spiro atoms. The third kappa shape index (κ3) is 3.66.